The van der Waals surface area contributed by atoms with Crippen molar-refractivity contribution in [3.63, 3.8) is 0 Å². The number of benzene rings is 1. The third kappa shape index (κ3) is 4.21. The summed E-state index contributed by atoms with van der Waals surface area (Å²) >= 11 is 0. The highest BCUT2D eigenvalue weighted by Gasteiger charge is 2.06. The third-order valence-electron chi connectivity index (χ3n) is 3.99. The highest BCUT2D eigenvalue weighted by molar-refractivity contribution is 5.86. The van der Waals surface area contributed by atoms with Gasteiger partial charge in [0.2, 0.25) is 0 Å². The molecule has 6 nitrogen and oxygen atoms in total. The fourth-order valence-electron chi connectivity index (χ4n) is 2.65. The molecule has 25 heavy (non-hydrogen) atoms. The second-order valence-corrected chi connectivity index (χ2v) is 5.59. The van der Waals surface area contributed by atoms with Crippen LogP contribution in [0.3, 0.4) is 0 Å². The van der Waals surface area contributed by atoms with E-state index in [0.29, 0.717) is 6.54 Å². The first kappa shape index (κ1) is 17.1. The van der Waals surface area contributed by atoms with Crippen molar-refractivity contribution < 1.29 is 5.11 Å². The molecule has 128 valence electrons. The number of rotatable bonds is 6. The average molecular weight is 335 g/mol. The van der Waals surface area contributed by atoms with Gasteiger partial charge >= 0.3 is 0 Å². The number of likely N-dealkylation sites (N-methyl/N-ethyl adjacent to an activating group) is 1. The van der Waals surface area contributed by atoms with Gasteiger partial charge in [0.25, 0.3) is 0 Å². The summed E-state index contributed by atoms with van der Waals surface area (Å²) in [4.78, 5) is 10.9. The Morgan fingerprint density at radius 3 is 2.92 bits per heavy atom. The van der Waals surface area contributed by atoms with E-state index in [0.717, 1.165) is 41.8 Å². The van der Waals surface area contributed by atoms with Gasteiger partial charge in [-0.15, -0.1) is 0 Å². The number of hydrogen-bond acceptors (Lipinski definition) is 5. The second kappa shape index (κ2) is 8.38. The molecule has 1 N–H and O–H groups in total. The average Bonchev–Trinajstić information content (AvgIpc) is 3.18. The molecule has 2 heterocycles. The zero-order valence-electron chi connectivity index (χ0n) is 14.3. The molecule has 3 rings (SSSR count). The lowest BCUT2D eigenvalue weighted by molar-refractivity contribution is 0.205. The van der Waals surface area contributed by atoms with Crippen molar-refractivity contribution in [2.24, 2.45) is 0 Å². The lowest BCUT2D eigenvalue weighted by Crippen LogP contribution is -2.27. The van der Waals surface area contributed by atoms with E-state index >= 15 is 0 Å². The molecule has 0 bridgehead atoms. The van der Waals surface area contributed by atoms with Crippen LogP contribution in [0.15, 0.2) is 43.0 Å². The Morgan fingerprint density at radius 2 is 2.16 bits per heavy atom. The quantitative estimate of drug-likeness (QED) is 0.697. The van der Waals surface area contributed by atoms with Crippen LogP contribution < -0.4 is 0 Å². The molecular weight excluding hydrogens is 314 g/mol. The summed E-state index contributed by atoms with van der Waals surface area (Å²) in [5.41, 5.74) is 1.78. The summed E-state index contributed by atoms with van der Waals surface area (Å²) < 4.78 is 1.73. The molecule has 3 aromatic rings. The number of fused-ring (bicyclic) bond motifs is 1. The molecule has 6 heteroatoms. The van der Waals surface area contributed by atoms with Gasteiger partial charge < -0.3 is 10.0 Å². The minimum absolute atomic E-state index is 0.185. The molecule has 0 radical (unpaired) electrons. The van der Waals surface area contributed by atoms with Crippen LogP contribution in [0.2, 0.25) is 0 Å². The molecule has 0 amide bonds. The number of aliphatic hydroxyl groups excluding tert-OH is 1. The van der Waals surface area contributed by atoms with Crippen LogP contribution >= 0.6 is 0 Å². The Morgan fingerprint density at radius 1 is 1.24 bits per heavy atom. The van der Waals surface area contributed by atoms with E-state index in [1.165, 1.54) is 0 Å². The highest BCUT2D eigenvalue weighted by atomic mass is 16.3. The molecule has 0 saturated carbocycles. The zero-order valence-corrected chi connectivity index (χ0v) is 14.3. The summed E-state index contributed by atoms with van der Waals surface area (Å²) in [7, 11) is 0. The van der Waals surface area contributed by atoms with Gasteiger partial charge in [-0.3, -0.25) is 0 Å². The van der Waals surface area contributed by atoms with E-state index < -0.39 is 0 Å². The SMILES string of the molecule is CCN(CCO)CCC#Cc1ccc2c(-n3cccn3)ncnc2c1. The maximum absolute atomic E-state index is 9.00. The van der Waals surface area contributed by atoms with E-state index in [-0.39, 0.29) is 6.61 Å². The summed E-state index contributed by atoms with van der Waals surface area (Å²) in [6.45, 7) is 4.75. The Bertz CT molecular complexity index is 880. The Labute approximate surface area is 147 Å². The first-order valence-electron chi connectivity index (χ1n) is 8.38. The molecule has 0 aliphatic carbocycles. The van der Waals surface area contributed by atoms with Gasteiger partial charge in [0.05, 0.1) is 12.1 Å². The Kier molecular flexibility index (Phi) is 5.73. The second-order valence-electron chi connectivity index (χ2n) is 5.59. The molecule has 0 aliphatic heterocycles. The number of hydrogen-bond donors (Lipinski definition) is 1. The smallest absolute Gasteiger partial charge is 0.164 e. The minimum Gasteiger partial charge on any atom is -0.395 e. The maximum atomic E-state index is 9.00. The van der Waals surface area contributed by atoms with Gasteiger partial charge in [-0.05, 0) is 30.8 Å². The predicted octanol–water partition coefficient (Wildman–Crippen LogP) is 1.87. The van der Waals surface area contributed by atoms with Crippen LogP contribution in [0, 0.1) is 11.8 Å². The van der Waals surface area contributed by atoms with Gasteiger partial charge in [0, 0.05) is 42.9 Å². The molecule has 0 atom stereocenters. The van der Waals surface area contributed by atoms with Crippen molar-refractivity contribution in [3.8, 4) is 17.7 Å². The van der Waals surface area contributed by atoms with Gasteiger partial charge in [-0.2, -0.15) is 5.10 Å². The van der Waals surface area contributed by atoms with Crippen molar-refractivity contribution in [1.82, 2.24) is 24.6 Å². The maximum Gasteiger partial charge on any atom is 0.164 e. The standard InChI is InChI=1S/C19H21N5O/c1-2-23(12-13-25)10-4-3-6-16-7-8-17-18(14-16)20-15-21-19(17)24-11-5-9-22-24/h5,7-9,11,14-15,25H,2,4,10,12-13H2,1H3. The van der Waals surface area contributed by atoms with Crippen LogP contribution in [-0.2, 0) is 0 Å². The van der Waals surface area contributed by atoms with E-state index in [1.54, 1.807) is 17.2 Å². The normalized spacial score (nSPS) is 10.8. The Balaban J connectivity index is 1.76. The Hall–Kier alpha value is -2.75. The van der Waals surface area contributed by atoms with E-state index in [2.05, 4.69) is 38.7 Å². The van der Waals surface area contributed by atoms with Crippen molar-refractivity contribution in [2.75, 3.05) is 26.2 Å². The van der Waals surface area contributed by atoms with Crippen molar-refractivity contribution in [3.05, 3.63) is 48.5 Å². The predicted molar refractivity (Wildman–Crippen MR) is 97.4 cm³/mol. The van der Waals surface area contributed by atoms with E-state index in [9.17, 15) is 0 Å². The highest BCUT2D eigenvalue weighted by Crippen LogP contribution is 2.18. The molecule has 2 aromatic heterocycles. The van der Waals surface area contributed by atoms with Crippen LogP contribution in [0.4, 0.5) is 0 Å². The molecule has 0 aliphatic rings. The number of aliphatic hydroxyl groups is 1. The first-order valence-corrected chi connectivity index (χ1v) is 8.38. The molecular formula is C19H21N5O. The summed E-state index contributed by atoms with van der Waals surface area (Å²) in [5.74, 6) is 7.15. The summed E-state index contributed by atoms with van der Waals surface area (Å²) in [5, 5.41) is 14.2. The molecule has 0 saturated heterocycles. The fraction of sp³-hybridized carbons (Fsp3) is 0.316. The van der Waals surface area contributed by atoms with Crippen LogP contribution in [-0.4, -0.2) is 56.0 Å². The van der Waals surface area contributed by atoms with Crippen LogP contribution in [0.25, 0.3) is 16.7 Å². The first-order chi connectivity index (χ1) is 12.3. The van der Waals surface area contributed by atoms with E-state index in [4.69, 9.17) is 5.11 Å². The lowest BCUT2D eigenvalue weighted by atomic mass is 10.1. The summed E-state index contributed by atoms with van der Waals surface area (Å²) in [6.07, 6.45) is 5.91. The van der Waals surface area contributed by atoms with Gasteiger partial charge in [0.1, 0.15) is 6.33 Å². The lowest BCUT2D eigenvalue weighted by Gasteiger charge is -2.16. The number of nitrogens with zero attached hydrogens (tertiary/aromatic N) is 5. The van der Waals surface area contributed by atoms with Crippen LogP contribution in [0.1, 0.15) is 18.9 Å². The van der Waals surface area contributed by atoms with Crippen molar-refractivity contribution in [2.45, 2.75) is 13.3 Å². The topological polar surface area (TPSA) is 67.1 Å². The number of aromatic nitrogens is 4. The monoisotopic (exact) mass is 335 g/mol. The molecule has 0 fully saturated rings. The largest absolute Gasteiger partial charge is 0.395 e. The zero-order chi connectivity index (χ0) is 17.5. The van der Waals surface area contributed by atoms with Gasteiger partial charge in [0.15, 0.2) is 5.82 Å². The van der Waals surface area contributed by atoms with Crippen molar-refractivity contribution >= 4 is 10.9 Å². The summed E-state index contributed by atoms with van der Waals surface area (Å²) in [6, 6.07) is 7.81. The fourth-order valence-corrected chi connectivity index (χ4v) is 2.65. The van der Waals surface area contributed by atoms with Crippen molar-refractivity contribution in [1.29, 1.82) is 0 Å². The van der Waals surface area contributed by atoms with Gasteiger partial charge in [-0.1, -0.05) is 18.8 Å². The molecule has 0 spiro atoms. The molecule has 0 unspecified atom stereocenters. The third-order valence-corrected chi connectivity index (χ3v) is 3.99. The molecule has 1 aromatic carbocycles. The van der Waals surface area contributed by atoms with Crippen LogP contribution in [0.5, 0.6) is 0 Å². The van der Waals surface area contributed by atoms with E-state index in [1.807, 2.05) is 30.5 Å². The minimum atomic E-state index is 0.185. The van der Waals surface area contributed by atoms with Gasteiger partial charge in [-0.25, -0.2) is 14.6 Å².